The first kappa shape index (κ1) is 12.8. The molecule has 1 rings (SSSR count). The summed E-state index contributed by atoms with van der Waals surface area (Å²) in [4.78, 5) is 11.3. The van der Waals surface area contributed by atoms with Crippen molar-refractivity contribution in [2.45, 2.75) is 45.4 Å². The molecule has 0 saturated heterocycles. The number of rotatable bonds is 5. The first-order chi connectivity index (χ1) is 7.27. The summed E-state index contributed by atoms with van der Waals surface area (Å²) in [5.74, 6) is 2.16. The molecule has 15 heavy (non-hydrogen) atoms. The Labute approximate surface area is 97.8 Å². The van der Waals surface area contributed by atoms with E-state index in [1.54, 1.807) is 0 Å². The maximum absolute atomic E-state index is 11.3. The van der Waals surface area contributed by atoms with Gasteiger partial charge in [0.15, 0.2) is 0 Å². The molecule has 0 aromatic carbocycles. The number of amides is 1. The van der Waals surface area contributed by atoms with Crippen LogP contribution in [0.2, 0.25) is 0 Å². The second-order valence-corrected chi connectivity index (χ2v) is 4.82. The normalized spacial score (nSPS) is 26.3. The van der Waals surface area contributed by atoms with Crippen molar-refractivity contribution in [3.63, 3.8) is 0 Å². The van der Waals surface area contributed by atoms with Gasteiger partial charge >= 0.3 is 0 Å². The monoisotopic (exact) mass is 231 g/mol. The molecule has 2 unspecified atom stereocenters. The largest absolute Gasteiger partial charge is 0.356 e. The van der Waals surface area contributed by atoms with E-state index in [1.807, 2.05) is 6.92 Å². The zero-order chi connectivity index (χ0) is 11.1. The van der Waals surface area contributed by atoms with Crippen LogP contribution in [0.25, 0.3) is 0 Å². The molecule has 0 aromatic heterocycles. The summed E-state index contributed by atoms with van der Waals surface area (Å²) in [7, 11) is 0. The third-order valence-corrected chi connectivity index (χ3v) is 3.70. The molecule has 0 spiro atoms. The molecule has 3 heteroatoms. The summed E-state index contributed by atoms with van der Waals surface area (Å²) in [5, 5.41) is 3.02. The van der Waals surface area contributed by atoms with Gasteiger partial charge < -0.3 is 5.32 Å². The SMILES string of the molecule is CCCC(=O)NCC1CCCCC1CCl. The molecule has 0 aromatic rings. The van der Waals surface area contributed by atoms with Crippen LogP contribution in [0.1, 0.15) is 45.4 Å². The second kappa shape index (κ2) is 7.10. The van der Waals surface area contributed by atoms with Gasteiger partial charge in [-0.25, -0.2) is 0 Å². The molecule has 2 atom stereocenters. The van der Waals surface area contributed by atoms with Crippen molar-refractivity contribution in [3.05, 3.63) is 0 Å². The molecule has 0 aliphatic heterocycles. The molecule has 0 bridgehead atoms. The highest BCUT2D eigenvalue weighted by Gasteiger charge is 2.24. The van der Waals surface area contributed by atoms with E-state index >= 15 is 0 Å². The van der Waals surface area contributed by atoms with E-state index in [1.165, 1.54) is 25.7 Å². The van der Waals surface area contributed by atoms with Gasteiger partial charge in [-0.3, -0.25) is 4.79 Å². The minimum atomic E-state index is 0.191. The Balaban J connectivity index is 2.26. The van der Waals surface area contributed by atoms with E-state index in [4.69, 9.17) is 11.6 Å². The van der Waals surface area contributed by atoms with Crippen LogP contribution in [0, 0.1) is 11.8 Å². The summed E-state index contributed by atoms with van der Waals surface area (Å²) in [6.07, 6.45) is 6.63. The topological polar surface area (TPSA) is 29.1 Å². The van der Waals surface area contributed by atoms with Gasteiger partial charge in [-0.15, -0.1) is 11.6 Å². The van der Waals surface area contributed by atoms with Crippen LogP contribution in [0.3, 0.4) is 0 Å². The molecule has 0 radical (unpaired) electrons. The van der Waals surface area contributed by atoms with Crippen molar-refractivity contribution >= 4 is 17.5 Å². The van der Waals surface area contributed by atoms with E-state index in [-0.39, 0.29) is 5.91 Å². The standard InChI is InChI=1S/C12H22ClNO/c1-2-5-12(15)14-9-11-7-4-3-6-10(11)8-13/h10-11H,2-9H2,1H3,(H,14,15). The van der Waals surface area contributed by atoms with Gasteiger partial charge in [0.2, 0.25) is 5.91 Å². The highest BCUT2D eigenvalue weighted by Crippen LogP contribution is 2.30. The smallest absolute Gasteiger partial charge is 0.219 e. The van der Waals surface area contributed by atoms with Crippen LogP contribution < -0.4 is 5.32 Å². The number of hydrogen-bond acceptors (Lipinski definition) is 1. The fraction of sp³-hybridized carbons (Fsp3) is 0.917. The Hall–Kier alpha value is -0.240. The van der Waals surface area contributed by atoms with E-state index < -0.39 is 0 Å². The third kappa shape index (κ3) is 4.42. The zero-order valence-corrected chi connectivity index (χ0v) is 10.4. The predicted octanol–water partition coefficient (Wildman–Crippen LogP) is 2.95. The molecule has 1 aliphatic carbocycles. The van der Waals surface area contributed by atoms with E-state index in [0.29, 0.717) is 18.3 Å². The van der Waals surface area contributed by atoms with Gasteiger partial charge in [0.05, 0.1) is 0 Å². The summed E-state index contributed by atoms with van der Waals surface area (Å²) < 4.78 is 0. The van der Waals surface area contributed by atoms with Crippen molar-refractivity contribution in [3.8, 4) is 0 Å². The van der Waals surface area contributed by atoms with Crippen LogP contribution in [-0.4, -0.2) is 18.3 Å². The van der Waals surface area contributed by atoms with Gasteiger partial charge in [0.25, 0.3) is 0 Å². The number of alkyl halides is 1. The number of hydrogen-bond donors (Lipinski definition) is 1. The number of nitrogens with one attached hydrogen (secondary N) is 1. The fourth-order valence-corrected chi connectivity index (χ4v) is 2.72. The van der Waals surface area contributed by atoms with Crippen molar-refractivity contribution in [1.29, 1.82) is 0 Å². The number of carbonyl (C=O) groups is 1. The lowest BCUT2D eigenvalue weighted by atomic mass is 9.80. The first-order valence-corrected chi connectivity index (χ1v) is 6.64. The molecule has 88 valence electrons. The lowest BCUT2D eigenvalue weighted by molar-refractivity contribution is -0.121. The van der Waals surface area contributed by atoms with E-state index in [2.05, 4.69) is 5.32 Å². The molecular formula is C12H22ClNO. The molecule has 1 amide bonds. The second-order valence-electron chi connectivity index (χ2n) is 4.51. The van der Waals surface area contributed by atoms with Crippen molar-refractivity contribution in [2.75, 3.05) is 12.4 Å². The maximum Gasteiger partial charge on any atom is 0.219 e. The van der Waals surface area contributed by atoms with Crippen molar-refractivity contribution < 1.29 is 4.79 Å². The summed E-state index contributed by atoms with van der Waals surface area (Å²) in [6, 6.07) is 0. The minimum Gasteiger partial charge on any atom is -0.356 e. The molecule has 1 fully saturated rings. The average molecular weight is 232 g/mol. The Morgan fingerprint density at radius 3 is 2.60 bits per heavy atom. The van der Waals surface area contributed by atoms with E-state index in [0.717, 1.165) is 18.8 Å². The van der Waals surface area contributed by atoms with Gasteiger partial charge in [0, 0.05) is 18.8 Å². The molecule has 2 nitrogen and oxygen atoms in total. The quantitative estimate of drug-likeness (QED) is 0.725. The molecule has 1 saturated carbocycles. The van der Waals surface area contributed by atoms with Crippen LogP contribution in [-0.2, 0) is 4.79 Å². The molecule has 1 N–H and O–H groups in total. The Kier molecular flexibility index (Phi) is 6.07. The van der Waals surface area contributed by atoms with Gasteiger partial charge in [-0.2, -0.15) is 0 Å². The number of halogens is 1. The van der Waals surface area contributed by atoms with Crippen LogP contribution in [0.15, 0.2) is 0 Å². The predicted molar refractivity (Wildman–Crippen MR) is 64.1 cm³/mol. The third-order valence-electron chi connectivity index (χ3n) is 3.30. The molecular weight excluding hydrogens is 210 g/mol. The van der Waals surface area contributed by atoms with Gasteiger partial charge in [-0.1, -0.05) is 19.8 Å². The molecule has 0 heterocycles. The Bertz CT molecular complexity index is 196. The summed E-state index contributed by atoms with van der Waals surface area (Å²) in [5.41, 5.74) is 0. The Morgan fingerprint density at radius 1 is 1.33 bits per heavy atom. The maximum atomic E-state index is 11.3. The number of carbonyl (C=O) groups excluding carboxylic acids is 1. The lowest BCUT2D eigenvalue weighted by Gasteiger charge is -2.30. The average Bonchev–Trinajstić information content (AvgIpc) is 2.27. The van der Waals surface area contributed by atoms with E-state index in [9.17, 15) is 4.79 Å². The summed E-state index contributed by atoms with van der Waals surface area (Å²) >= 11 is 5.94. The van der Waals surface area contributed by atoms with Crippen LogP contribution >= 0.6 is 11.6 Å². The molecule has 1 aliphatic rings. The highest BCUT2D eigenvalue weighted by atomic mass is 35.5. The summed E-state index contributed by atoms with van der Waals surface area (Å²) in [6.45, 7) is 2.86. The van der Waals surface area contributed by atoms with Crippen molar-refractivity contribution in [1.82, 2.24) is 5.32 Å². The van der Waals surface area contributed by atoms with Crippen LogP contribution in [0.5, 0.6) is 0 Å². The van der Waals surface area contributed by atoms with Crippen LogP contribution in [0.4, 0.5) is 0 Å². The first-order valence-electron chi connectivity index (χ1n) is 6.10. The fourth-order valence-electron chi connectivity index (χ4n) is 2.32. The van der Waals surface area contributed by atoms with Gasteiger partial charge in [0.1, 0.15) is 0 Å². The van der Waals surface area contributed by atoms with Gasteiger partial charge in [-0.05, 0) is 31.1 Å². The van der Waals surface area contributed by atoms with Crippen molar-refractivity contribution in [2.24, 2.45) is 11.8 Å². The zero-order valence-electron chi connectivity index (χ0n) is 9.60. The lowest BCUT2D eigenvalue weighted by Crippen LogP contribution is -2.34. The minimum absolute atomic E-state index is 0.191. The highest BCUT2D eigenvalue weighted by molar-refractivity contribution is 6.18. The Morgan fingerprint density at radius 2 is 2.00 bits per heavy atom.